The van der Waals surface area contributed by atoms with Gasteiger partial charge in [-0.05, 0) is 6.92 Å². The van der Waals surface area contributed by atoms with E-state index in [2.05, 4.69) is 10.3 Å². The van der Waals surface area contributed by atoms with E-state index in [-0.39, 0.29) is 17.7 Å². The van der Waals surface area contributed by atoms with Crippen LogP contribution >= 0.6 is 0 Å². The predicted molar refractivity (Wildman–Crippen MR) is 75.5 cm³/mol. The Morgan fingerprint density at radius 1 is 1.32 bits per heavy atom. The van der Waals surface area contributed by atoms with Crippen LogP contribution in [0.2, 0.25) is 0 Å². The smallest absolute Gasteiger partial charge is 0.332 e. The van der Waals surface area contributed by atoms with Crippen LogP contribution in [-0.2, 0) is 30.2 Å². The quantitative estimate of drug-likeness (QED) is 0.674. The molecule has 0 aliphatic carbocycles. The van der Waals surface area contributed by atoms with Gasteiger partial charge >= 0.3 is 11.7 Å². The van der Waals surface area contributed by atoms with Crippen LogP contribution in [0, 0.1) is 0 Å². The number of hydrogen-bond acceptors (Lipinski definition) is 5. The Kier molecular flexibility index (Phi) is 3.85. The molecule has 10 nitrogen and oxygen atoms in total. The van der Waals surface area contributed by atoms with Crippen LogP contribution in [0.3, 0.4) is 0 Å². The summed E-state index contributed by atoms with van der Waals surface area (Å²) in [5.74, 6) is -1.74. The molecule has 0 aliphatic rings. The molecule has 2 N–H and O–H groups in total. The fourth-order valence-electron chi connectivity index (χ4n) is 2.02. The molecule has 1 amide bonds. The molecule has 2 aromatic rings. The van der Waals surface area contributed by atoms with Gasteiger partial charge in [0.1, 0.15) is 12.6 Å². The molecule has 0 saturated heterocycles. The van der Waals surface area contributed by atoms with Crippen LogP contribution < -0.4 is 16.6 Å². The van der Waals surface area contributed by atoms with Crippen molar-refractivity contribution in [3.05, 3.63) is 27.2 Å². The molecule has 0 saturated carbocycles. The number of nitrogens with one attached hydrogen (secondary N) is 1. The molecule has 22 heavy (non-hydrogen) atoms. The van der Waals surface area contributed by atoms with Gasteiger partial charge in [-0.15, -0.1) is 0 Å². The maximum Gasteiger partial charge on any atom is 0.332 e. The van der Waals surface area contributed by atoms with Crippen LogP contribution in [0.25, 0.3) is 11.2 Å². The third-order valence-corrected chi connectivity index (χ3v) is 3.28. The summed E-state index contributed by atoms with van der Waals surface area (Å²) >= 11 is 0. The molecule has 0 unspecified atom stereocenters. The molecule has 2 aromatic heterocycles. The maximum absolute atomic E-state index is 12.2. The third kappa shape index (κ3) is 2.50. The number of nitrogens with zero attached hydrogens (tertiary/aromatic N) is 4. The van der Waals surface area contributed by atoms with Gasteiger partial charge in [0.05, 0.1) is 6.33 Å². The summed E-state index contributed by atoms with van der Waals surface area (Å²) in [6, 6.07) is -1.05. The van der Waals surface area contributed by atoms with E-state index in [0.29, 0.717) is 0 Å². The number of imidazole rings is 1. The third-order valence-electron chi connectivity index (χ3n) is 3.28. The lowest BCUT2D eigenvalue weighted by molar-refractivity contribution is -0.141. The highest BCUT2D eigenvalue weighted by molar-refractivity contribution is 5.84. The molecular weight excluding hydrogens is 294 g/mol. The van der Waals surface area contributed by atoms with Crippen molar-refractivity contribution < 1.29 is 14.7 Å². The average Bonchev–Trinajstić information content (AvgIpc) is 2.86. The van der Waals surface area contributed by atoms with Crippen LogP contribution in [0.5, 0.6) is 0 Å². The van der Waals surface area contributed by atoms with E-state index < -0.39 is 29.2 Å². The maximum atomic E-state index is 12.2. The first-order valence-corrected chi connectivity index (χ1v) is 6.37. The van der Waals surface area contributed by atoms with Gasteiger partial charge in [0.2, 0.25) is 5.91 Å². The molecule has 0 spiro atoms. The number of amides is 1. The number of carbonyl (C=O) groups excluding carboxylic acids is 1. The lowest BCUT2D eigenvalue weighted by atomic mass is 10.3. The molecule has 0 aromatic carbocycles. The van der Waals surface area contributed by atoms with E-state index >= 15 is 0 Å². The summed E-state index contributed by atoms with van der Waals surface area (Å²) in [6.45, 7) is 1.05. The SMILES string of the molecule is C[C@@H](NC(=O)Cn1cnc2c1c(=O)n(C)c(=O)n2C)C(=O)O. The molecule has 10 heteroatoms. The van der Waals surface area contributed by atoms with E-state index in [4.69, 9.17) is 5.11 Å². The number of hydrogen-bond donors (Lipinski definition) is 2. The molecule has 2 rings (SSSR count). The minimum Gasteiger partial charge on any atom is -0.480 e. The number of carbonyl (C=O) groups is 2. The summed E-state index contributed by atoms with van der Waals surface area (Å²) in [6.07, 6.45) is 1.26. The van der Waals surface area contributed by atoms with Gasteiger partial charge in [0.25, 0.3) is 5.56 Å². The predicted octanol–water partition coefficient (Wildman–Crippen LogP) is -1.98. The second kappa shape index (κ2) is 5.47. The van der Waals surface area contributed by atoms with Crippen LogP contribution in [0.4, 0.5) is 0 Å². The first-order chi connectivity index (χ1) is 10.2. The highest BCUT2D eigenvalue weighted by atomic mass is 16.4. The Balaban J connectivity index is 2.42. The lowest BCUT2D eigenvalue weighted by Crippen LogP contribution is -2.41. The Bertz CT molecular complexity index is 874. The second-order valence-corrected chi connectivity index (χ2v) is 4.88. The van der Waals surface area contributed by atoms with E-state index in [1.54, 1.807) is 0 Å². The standard InChI is InChI=1S/C12H15N5O5/c1-6(11(20)21)14-7(18)4-17-5-13-9-8(17)10(19)16(3)12(22)15(9)2/h5-6H,4H2,1-3H3,(H,14,18)(H,20,21)/t6-/m1/s1. The number of aliphatic carboxylic acids is 1. The fraction of sp³-hybridized carbons (Fsp3) is 0.417. The largest absolute Gasteiger partial charge is 0.480 e. The molecule has 0 bridgehead atoms. The van der Waals surface area contributed by atoms with Gasteiger partial charge in [-0.3, -0.25) is 23.5 Å². The van der Waals surface area contributed by atoms with E-state index in [0.717, 1.165) is 4.57 Å². The van der Waals surface area contributed by atoms with Crippen molar-refractivity contribution in [3.63, 3.8) is 0 Å². The van der Waals surface area contributed by atoms with Crippen molar-refractivity contribution in [2.45, 2.75) is 19.5 Å². The first kappa shape index (κ1) is 15.5. The Morgan fingerprint density at radius 3 is 2.55 bits per heavy atom. The molecule has 2 heterocycles. The second-order valence-electron chi connectivity index (χ2n) is 4.88. The lowest BCUT2D eigenvalue weighted by Gasteiger charge is -2.10. The zero-order valence-corrected chi connectivity index (χ0v) is 12.2. The summed E-state index contributed by atoms with van der Waals surface area (Å²) in [7, 11) is 2.79. The van der Waals surface area contributed by atoms with Crippen molar-refractivity contribution >= 4 is 23.0 Å². The monoisotopic (exact) mass is 309 g/mol. The van der Waals surface area contributed by atoms with Crippen LogP contribution in [0.15, 0.2) is 15.9 Å². The topological polar surface area (TPSA) is 128 Å². The highest BCUT2D eigenvalue weighted by Crippen LogP contribution is 2.05. The van der Waals surface area contributed by atoms with Gasteiger partial charge in [-0.1, -0.05) is 0 Å². The van der Waals surface area contributed by atoms with Crippen LogP contribution in [-0.4, -0.2) is 41.7 Å². The normalized spacial score (nSPS) is 12.3. The van der Waals surface area contributed by atoms with E-state index in [1.165, 1.54) is 36.5 Å². The summed E-state index contributed by atoms with van der Waals surface area (Å²) < 4.78 is 3.39. The van der Waals surface area contributed by atoms with Gasteiger partial charge in [-0.25, -0.2) is 9.78 Å². The van der Waals surface area contributed by atoms with Gasteiger partial charge in [0, 0.05) is 14.1 Å². The number of aryl methyl sites for hydroxylation is 1. The van der Waals surface area contributed by atoms with Crippen molar-refractivity contribution in [2.75, 3.05) is 0 Å². The molecule has 0 radical (unpaired) electrons. The number of aromatic nitrogens is 4. The van der Waals surface area contributed by atoms with E-state index in [1.807, 2.05) is 0 Å². The molecule has 1 atom stereocenters. The molecule has 0 aliphatic heterocycles. The van der Waals surface area contributed by atoms with Gasteiger partial charge in [-0.2, -0.15) is 0 Å². The zero-order valence-electron chi connectivity index (χ0n) is 12.2. The van der Waals surface area contributed by atoms with Crippen LogP contribution in [0.1, 0.15) is 6.92 Å². The summed E-state index contributed by atoms with van der Waals surface area (Å²) in [5.41, 5.74) is -0.837. The Labute approximate surface area is 123 Å². The molecule has 118 valence electrons. The van der Waals surface area contributed by atoms with Gasteiger partial charge in [0.15, 0.2) is 11.2 Å². The van der Waals surface area contributed by atoms with Gasteiger partial charge < -0.3 is 15.0 Å². The number of carboxylic acid groups (broad SMARTS) is 1. The number of rotatable bonds is 4. The average molecular weight is 309 g/mol. The highest BCUT2D eigenvalue weighted by Gasteiger charge is 2.18. The molecular formula is C12H15N5O5. The fourth-order valence-corrected chi connectivity index (χ4v) is 2.02. The minimum absolute atomic E-state index is 0.0997. The van der Waals surface area contributed by atoms with Crippen molar-refractivity contribution in [1.29, 1.82) is 0 Å². The molecule has 0 fully saturated rings. The first-order valence-electron chi connectivity index (χ1n) is 6.37. The van der Waals surface area contributed by atoms with E-state index in [9.17, 15) is 19.2 Å². The van der Waals surface area contributed by atoms with Crippen molar-refractivity contribution in [3.8, 4) is 0 Å². The zero-order chi connectivity index (χ0) is 16.6. The van der Waals surface area contributed by atoms with Crippen molar-refractivity contribution in [1.82, 2.24) is 24.0 Å². The minimum atomic E-state index is -1.16. The summed E-state index contributed by atoms with van der Waals surface area (Å²) in [4.78, 5) is 50.4. The Morgan fingerprint density at radius 2 is 1.95 bits per heavy atom. The van der Waals surface area contributed by atoms with Crippen molar-refractivity contribution in [2.24, 2.45) is 14.1 Å². The summed E-state index contributed by atoms with van der Waals surface area (Å²) in [5, 5.41) is 11.0. The number of carboxylic acids is 1. The Hall–Kier alpha value is -2.91. The number of fused-ring (bicyclic) bond motifs is 1.